The molecule has 0 bridgehead atoms. The van der Waals surface area contributed by atoms with Gasteiger partial charge in [0.15, 0.2) is 0 Å². The highest BCUT2D eigenvalue weighted by Crippen LogP contribution is 2.47. The first-order chi connectivity index (χ1) is 10.5. The maximum absolute atomic E-state index is 12.2. The molecule has 0 N–H and O–H groups in total. The first-order valence-electron chi connectivity index (χ1n) is 7.65. The fourth-order valence-electron chi connectivity index (χ4n) is 3.63. The second-order valence-electron chi connectivity index (χ2n) is 6.50. The average molecular weight is 298 g/mol. The Morgan fingerprint density at radius 2 is 1.73 bits per heavy atom. The zero-order chi connectivity index (χ0) is 15.9. The summed E-state index contributed by atoms with van der Waals surface area (Å²) in [5.41, 5.74) is 0. The summed E-state index contributed by atoms with van der Waals surface area (Å²) >= 11 is 0. The molecule has 0 aromatic rings. The molecule has 3 rings (SSSR count). The largest absolute Gasteiger partial charge is 0.323 e. The summed E-state index contributed by atoms with van der Waals surface area (Å²) in [4.78, 5) is 27.5. The third kappa shape index (κ3) is 2.46. The predicted molar refractivity (Wildman–Crippen MR) is 76.8 cm³/mol. The van der Waals surface area contributed by atoms with Gasteiger partial charge in [0.05, 0.1) is 12.1 Å². The van der Waals surface area contributed by atoms with Crippen molar-refractivity contribution in [3.63, 3.8) is 0 Å². The van der Waals surface area contributed by atoms with Crippen molar-refractivity contribution in [1.82, 2.24) is 9.80 Å². The molecule has 2 amide bonds. The zero-order valence-corrected chi connectivity index (χ0v) is 12.5. The van der Waals surface area contributed by atoms with Crippen molar-refractivity contribution in [3.05, 3.63) is 12.2 Å². The Kier molecular flexibility index (Phi) is 3.62. The van der Waals surface area contributed by atoms with Crippen LogP contribution in [0.25, 0.3) is 0 Å². The molecule has 3 aliphatic rings. The Morgan fingerprint density at radius 1 is 1.05 bits per heavy atom. The third-order valence-electron chi connectivity index (χ3n) is 4.82. The molecule has 6 nitrogen and oxygen atoms in total. The van der Waals surface area contributed by atoms with Crippen molar-refractivity contribution in [2.75, 3.05) is 6.54 Å². The van der Waals surface area contributed by atoms with Gasteiger partial charge in [-0.3, -0.25) is 9.59 Å². The molecule has 2 heterocycles. The molecule has 0 radical (unpaired) electrons. The molecule has 6 heteroatoms. The second kappa shape index (κ2) is 5.46. The monoisotopic (exact) mass is 298 g/mol. The van der Waals surface area contributed by atoms with Crippen LogP contribution < -0.4 is 0 Å². The van der Waals surface area contributed by atoms with Gasteiger partial charge in [-0.25, -0.2) is 0 Å². The molecule has 114 valence electrons. The van der Waals surface area contributed by atoms with E-state index in [2.05, 4.69) is 12.1 Å². The number of nitrogens with zero attached hydrogens (tertiary/aromatic N) is 4. The number of hydrogen-bond acceptors (Lipinski definition) is 4. The van der Waals surface area contributed by atoms with Crippen LogP contribution in [-0.4, -0.2) is 46.3 Å². The third-order valence-corrected chi connectivity index (χ3v) is 4.82. The lowest BCUT2D eigenvalue weighted by Gasteiger charge is -2.21. The van der Waals surface area contributed by atoms with Gasteiger partial charge in [-0.1, -0.05) is 6.92 Å². The van der Waals surface area contributed by atoms with Crippen LogP contribution in [0.2, 0.25) is 0 Å². The van der Waals surface area contributed by atoms with Gasteiger partial charge < -0.3 is 9.80 Å². The molecule has 0 aromatic heterocycles. The maximum atomic E-state index is 12.2. The Bertz CT molecular complexity index is 615. The number of hydrogen-bond donors (Lipinski definition) is 0. The molecule has 2 saturated heterocycles. The lowest BCUT2D eigenvalue weighted by Crippen LogP contribution is -2.37. The normalized spacial score (nSPS) is 36.0. The van der Waals surface area contributed by atoms with Crippen LogP contribution >= 0.6 is 0 Å². The van der Waals surface area contributed by atoms with Crippen molar-refractivity contribution in [3.8, 4) is 12.1 Å². The summed E-state index contributed by atoms with van der Waals surface area (Å²) in [6.07, 6.45) is 4.89. The lowest BCUT2D eigenvalue weighted by molar-refractivity contribution is -0.129. The van der Waals surface area contributed by atoms with Crippen LogP contribution in [0.5, 0.6) is 0 Å². The van der Waals surface area contributed by atoms with Crippen molar-refractivity contribution in [2.45, 2.75) is 44.3 Å². The Morgan fingerprint density at radius 3 is 2.41 bits per heavy atom. The van der Waals surface area contributed by atoms with E-state index in [0.29, 0.717) is 24.8 Å². The summed E-state index contributed by atoms with van der Waals surface area (Å²) in [5, 5.41) is 18.2. The Hall–Kier alpha value is -2.34. The molecule has 1 saturated carbocycles. The molecule has 1 aliphatic carbocycles. The Labute approximate surface area is 129 Å². The number of piperidine rings is 1. The van der Waals surface area contributed by atoms with Crippen molar-refractivity contribution in [2.24, 2.45) is 11.8 Å². The topological polar surface area (TPSA) is 88.2 Å². The fourth-order valence-corrected chi connectivity index (χ4v) is 3.63. The van der Waals surface area contributed by atoms with Crippen LogP contribution in [0.3, 0.4) is 0 Å². The summed E-state index contributed by atoms with van der Waals surface area (Å²) < 4.78 is 0. The van der Waals surface area contributed by atoms with Crippen LogP contribution in [0.15, 0.2) is 12.2 Å². The smallest absolute Gasteiger partial charge is 0.248 e. The minimum absolute atomic E-state index is 0.176. The quantitative estimate of drug-likeness (QED) is 0.706. The Balaban J connectivity index is 1.64. The van der Waals surface area contributed by atoms with Crippen molar-refractivity contribution >= 4 is 11.8 Å². The van der Waals surface area contributed by atoms with Gasteiger partial charge in [0.25, 0.3) is 0 Å². The SMILES string of the molecule is C[C@H]1C[C@@H](C#N)N(C(=O)/C=C/C(=O)N2[C@H](C#N)C[C@@H]3C[C@@H]32)C1. The van der Waals surface area contributed by atoms with Gasteiger partial charge in [0.2, 0.25) is 11.8 Å². The number of rotatable bonds is 2. The highest BCUT2D eigenvalue weighted by atomic mass is 16.2. The van der Waals surface area contributed by atoms with Crippen LogP contribution in [-0.2, 0) is 9.59 Å². The molecular weight excluding hydrogens is 280 g/mol. The standard InChI is InChI=1S/C16H18N4O2/c1-10-4-12(7-17)19(9-10)15(21)2-3-16(22)20-13(8-18)5-11-6-14(11)20/h2-3,10-14H,4-6,9H2,1H3/b3-2+/t10-,11+,12-,13-,14-/m0/s1. The highest BCUT2D eigenvalue weighted by molar-refractivity contribution is 5.97. The average Bonchev–Trinajstić information content (AvgIpc) is 3.00. The number of amides is 2. The first-order valence-corrected chi connectivity index (χ1v) is 7.65. The van der Waals surface area contributed by atoms with Gasteiger partial charge in [-0.15, -0.1) is 0 Å². The summed E-state index contributed by atoms with van der Waals surface area (Å²) in [7, 11) is 0. The molecular formula is C16H18N4O2. The van der Waals surface area contributed by atoms with E-state index >= 15 is 0 Å². The summed E-state index contributed by atoms with van der Waals surface area (Å²) in [6.45, 7) is 2.55. The lowest BCUT2D eigenvalue weighted by atomic mass is 10.1. The second-order valence-corrected chi connectivity index (χ2v) is 6.50. The van der Waals surface area contributed by atoms with Crippen molar-refractivity contribution < 1.29 is 9.59 Å². The van der Waals surface area contributed by atoms with E-state index < -0.39 is 6.04 Å². The first kappa shape index (κ1) is 14.6. The van der Waals surface area contributed by atoms with Gasteiger partial charge in [0, 0.05) is 24.7 Å². The molecule has 22 heavy (non-hydrogen) atoms. The zero-order valence-electron chi connectivity index (χ0n) is 12.5. The van der Waals surface area contributed by atoms with Gasteiger partial charge in [-0.2, -0.15) is 10.5 Å². The summed E-state index contributed by atoms with van der Waals surface area (Å²) in [6, 6.07) is 3.69. The minimum atomic E-state index is -0.409. The summed E-state index contributed by atoms with van der Waals surface area (Å²) in [5.74, 6) is 0.182. The molecule has 0 aromatic carbocycles. The molecule has 3 fully saturated rings. The van der Waals surface area contributed by atoms with E-state index in [1.165, 1.54) is 17.1 Å². The number of nitriles is 2. The van der Waals surface area contributed by atoms with E-state index in [1.54, 1.807) is 4.90 Å². The predicted octanol–water partition coefficient (Wildman–Crippen LogP) is 0.816. The maximum Gasteiger partial charge on any atom is 0.248 e. The van der Waals surface area contributed by atoms with Crippen molar-refractivity contribution in [1.29, 1.82) is 10.5 Å². The van der Waals surface area contributed by atoms with E-state index in [9.17, 15) is 9.59 Å². The number of fused-ring (bicyclic) bond motifs is 1. The number of likely N-dealkylation sites (tertiary alicyclic amines) is 2. The van der Waals surface area contributed by atoms with E-state index in [0.717, 1.165) is 12.8 Å². The van der Waals surface area contributed by atoms with Crippen LogP contribution in [0.4, 0.5) is 0 Å². The van der Waals surface area contributed by atoms with Gasteiger partial charge in [-0.05, 0) is 31.1 Å². The van der Waals surface area contributed by atoms with Crippen LogP contribution in [0, 0.1) is 34.5 Å². The number of carbonyl (C=O) groups is 2. The highest BCUT2D eigenvalue weighted by Gasteiger charge is 2.53. The number of carbonyl (C=O) groups excluding carboxylic acids is 2. The molecule has 0 unspecified atom stereocenters. The van der Waals surface area contributed by atoms with Gasteiger partial charge in [0.1, 0.15) is 12.1 Å². The fraction of sp³-hybridized carbons (Fsp3) is 0.625. The van der Waals surface area contributed by atoms with Gasteiger partial charge >= 0.3 is 0 Å². The molecule has 0 spiro atoms. The van der Waals surface area contributed by atoms with Crippen LogP contribution in [0.1, 0.15) is 26.2 Å². The minimum Gasteiger partial charge on any atom is -0.323 e. The van der Waals surface area contributed by atoms with E-state index in [4.69, 9.17) is 10.5 Å². The van der Waals surface area contributed by atoms with E-state index in [-0.39, 0.29) is 23.9 Å². The molecule has 2 aliphatic heterocycles. The molecule has 5 atom stereocenters. The van der Waals surface area contributed by atoms with E-state index in [1.807, 2.05) is 6.92 Å².